The molecule has 0 spiro atoms. The van der Waals surface area contributed by atoms with Gasteiger partial charge in [-0.3, -0.25) is 4.90 Å². The van der Waals surface area contributed by atoms with Gasteiger partial charge in [-0.25, -0.2) is 13.8 Å². The predicted molar refractivity (Wildman–Crippen MR) is 150 cm³/mol. The fourth-order valence-corrected chi connectivity index (χ4v) is 7.37. The average Bonchev–Trinajstić information content (AvgIpc) is 3.49. The molecular weight excluding hydrogens is 595 g/mol. The van der Waals surface area contributed by atoms with E-state index in [2.05, 4.69) is 15.3 Å². The molecule has 15 heteroatoms. The smallest absolute Gasteiger partial charge is 0.416 e. The number of amidine groups is 1. The van der Waals surface area contributed by atoms with Gasteiger partial charge in [-0.15, -0.1) is 11.3 Å². The molecule has 2 fully saturated rings. The number of hydrogen-bond acceptors (Lipinski definition) is 10. The number of piperazine rings is 1. The van der Waals surface area contributed by atoms with Gasteiger partial charge in [-0.2, -0.15) is 23.4 Å². The molecule has 5 unspecified atom stereocenters. The van der Waals surface area contributed by atoms with E-state index >= 15 is 4.39 Å². The van der Waals surface area contributed by atoms with Crippen LogP contribution in [0.15, 0.2) is 39.6 Å². The number of alkyl halides is 3. The van der Waals surface area contributed by atoms with Gasteiger partial charge in [-0.05, 0) is 31.4 Å². The van der Waals surface area contributed by atoms with Gasteiger partial charge < -0.3 is 26.0 Å². The Morgan fingerprint density at radius 2 is 1.98 bits per heavy atom. The van der Waals surface area contributed by atoms with Crippen LogP contribution in [-0.4, -0.2) is 83.7 Å². The van der Waals surface area contributed by atoms with Gasteiger partial charge in [0.1, 0.15) is 35.8 Å². The highest BCUT2D eigenvalue weighted by Crippen LogP contribution is 2.52. The van der Waals surface area contributed by atoms with E-state index in [9.17, 15) is 33.0 Å². The molecule has 1 aromatic heterocycles. The molecule has 5 N–H and O–H groups in total. The molecule has 1 aliphatic carbocycles. The summed E-state index contributed by atoms with van der Waals surface area (Å²) in [7, 11) is 0. The Hall–Kier alpha value is -3.42. The number of aliphatic imine (C=N–C) groups is 2. The molecule has 4 heterocycles. The summed E-state index contributed by atoms with van der Waals surface area (Å²) in [5, 5.41) is 31.9. The van der Waals surface area contributed by atoms with Crippen LogP contribution in [0.5, 0.6) is 0 Å². The number of aliphatic hydroxyl groups is 2. The van der Waals surface area contributed by atoms with Crippen LogP contribution >= 0.6 is 11.3 Å². The summed E-state index contributed by atoms with van der Waals surface area (Å²) in [6.45, 7) is 1.22. The Morgan fingerprint density at radius 1 is 1.28 bits per heavy atom. The van der Waals surface area contributed by atoms with E-state index in [1.54, 1.807) is 0 Å². The molecule has 9 nitrogen and oxygen atoms in total. The molecule has 2 bridgehead atoms. The second-order valence-corrected chi connectivity index (χ2v) is 12.3. The monoisotopic (exact) mass is 622 g/mol. The number of nitrogen functional groups attached to an aromatic ring is 1. The fourth-order valence-electron chi connectivity index (χ4n) is 6.42. The zero-order valence-electron chi connectivity index (χ0n) is 22.8. The molecular formula is C28H27F5N6O3S. The highest BCUT2D eigenvalue weighted by atomic mass is 32.1. The standard InChI is InChI=1S/C28H27F5N6O3S/c1-27-6-17(28(31,32)33)20(15-4-5-18(29)22-19(15)16(7-34)24(35)43-22)21(30)23(27)37-26(42-11-14(41)10-40)38-25(27)39-8-12-2-3-13(9-39)36-12/h4-6,12-14,25,36,40-41H,2-3,8-11,35H2,1H3. The normalized spacial score (nSPS) is 28.3. The van der Waals surface area contributed by atoms with Crippen LogP contribution in [0.3, 0.4) is 0 Å². The molecule has 3 aliphatic heterocycles. The molecule has 228 valence electrons. The van der Waals surface area contributed by atoms with Crippen molar-refractivity contribution in [2.45, 2.75) is 50.3 Å². The van der Waals surface area contributed by atoms with Crippen molar-refractivity contribution in [3.05, 3.63) is 46.6 Å². The third kappa shape index (κ3) is 4.91. The molecule has 5 atom stereocenters. The maximum Gasteiger partial charge on any atom is 0.416 e. The van der Waals surface area contributed by atoms with Crippen LogP contribution in [0.25, 0.3) is 15.7 Å². The minimum absolute atomic E-state index is 0.0759. The number of nitrogens with zero attached hydrogens (tertiary/aromatic N) is 4. The van der Waals surface area contributed by atoms with E-state index in [4.69, 9.17) is 10.5 Å². The molecule has 0 amide bonds. The number of benzene rings is 1. The Morgan fingerprint density at radius 3 is 2.60 bits per heavy atom. The lowest BCUT2D eigenvalue weighted by atomic mass is 9.71. The van der Waals surface area contributed by atoms with Gasteiger partial charge in [-0.1, -0.05) is 12.1 Å². The van der Waals surface area contributed by atoms with Crippen LogP contribution in [0.1, 0.15) is 30.9 Å². The van der Waals surface area contributed by atoms with Crippen molar-refractivity contribution in [2.24, 2.45) is 15.4 Å². The number of fused-ring (bicyclic) bond motifs is 4. The predicted octanol–water partition coefficient (Wildman–Crippen LogP) is 3.63. The molecule has 2 saturated heterocycles. The fraction of sp³-hybridized carbons (Fsp3) is 0.464. The van der Waals surface area contributed by atoms with Crippen LogP contribution < -0.4 is 11.1 Å². The maximum absolute atomic E-state index is 16.9. The summed E-state index contributed by atoms with van der Waals surface area (Å²) >= 11 is 0.686. The number of halogens is 5. The van der Waals surface area contributed by atoms with Gasteiger partial charge >= 0.3 is 12.2 Å². The molecule has 1 aromatic carbocycles. The third-order valence-electron chi connectivity index (χ3n) is 8.34. The Balaban J connectivity index is 1.57. The average molecular weight is 623 g/mol. The number of thiophene rings is 1. The number of rotatable bonds is 5. The van der Waals surface area contributed by atoms with Crippen molar-refractivity contribution in [3.8, 4) is 6.07 Å². The summed E-state index contributed by atoms with van der Waals surface area (Å²) in [6, 6.07) is 3.50. The zero-order chi connectivity index (χ0) is 30.8. The van der Waals surface area contributed by atoms with Crippen molar-refractivity contribution < 1.29 is 36.9 Å². The van der Waals surface area contributed by atoms with E-state index in [1.807, 2.05) is 11.0 Å². The summed E-state index contributed by atoms with van der Waals surface area (Å²) < 4.78 is 81.6. The van der Waals surface area contributed by atoms with Gasteiger partial charge in [0.05, 0.1) is 33.6 Å². The van der Waals surface area contributed by atoms with Gasteiger partial charge in [0.25, 0.3) is 0 Å². The number of nitrogens with one attached hydrogen (secondary N) is 1. The van der Waals surface area contributed by atoms with Crippen LogP contribution in [-0.2, 0) is 4.74 Å². The Kier molecular flexibility index (Phi) is 7.33. The molecule has 0 saturated carbocycles. The number of allylic oxidation sites excluding steroid dienone is 3. The SMILES string of the molecule is CC12C=C(C(F)(F)F)C(c3ccc(F)c4sc(N)c(C#N)c34)=C(F)C1=NC(OCC(O)CO)=NC2N1CC2CCC(C1)N2. The van der Waals surface area contributed by atoms with Crippen molar-refractivity contribution >= 4 is 43.7 Å². The first kappa shape index (κ1) is 29.6. The lowest BCUT2D eigenvalue weighted by Gasteiger charge is -2.47. The van der Waals surface area contributed by atoms with E-state index in [-0.39, 0.29) is 44.3 Å². The third-order valence-corrected chi connectivity index (χ3v) is 9.37. The largest absolute Gasteiger partial charge is 0.461 e. The molecule has 6 rings (SSSR count). The highest BCUT2D eigenvalue weighted by Gasteiger charge is 2.54. The molecule has 0 radical (unpaired) electrons. The highest BCUT2D eigenvalue weighted by molar-refractivity contribution is 7.23. The zero-order valence-corrected chi connectivity index (χ0v) is 23.6. The quantitative estimate of drug-likeness (QED) is 0.374. The first-order chi connectivity index (χ1) is 20.3. The number of nitriles is 1. The van der Waals surface area contributed by atoms with Crippen LogP contribution in [0.4, 0.5) is 27.0 Å². The van der Waals surface area contributed by atoms with Crippen molar-refractivity contribution in [2.75, 3.05) is 32.0 Å². The number of anilines is 1. The minimum Gasteiger partial charge on any atom is -0.461 e. The summed E-state index contributed by atoms with van der Waals surface area (Å²) in [4.78, 5) is 10.6. The molecule has 43 heavy (non-hydrogen) atoms. The maximum atomic E-state index is 16.9. The summed E-state index contributed by atoms with van der Waals surface area (Å²) in [5.41, 5.74) is 0.962. The summed E-state index contributed by atoms with van der Waals surface area (Å²) in [6.07, 6.45) is -4.78. The van der Waals surface area contributed by atoms with Gasteiger partial charge in [0.15, 0.2) is 5.83 Å². The van der Waals surface area contributed by atoms with E-state index < -0.39 is 65.6 Å². The first-order valence-corrected chi connectivity index (χ1v) is 14.4. The lowest BCUT2D eigenvalue weighted by Crippen LogP contribution is -2.60. The lowest BCUT2D eigenvalue weighted by molar-refractivity contribution is -0.0882. The number of ether oxygens (including phenoxy) is 1. The number of hydrogen-bond donors (Lipinski definition) is 4. The topological polar surface area (TPSA) is 139 Å². The molecule has 2 aromatic rings. The van der Waals surface area contributed by atoms with E-state index in [1.165, 1.54) is 6.92 Å². The molecule has 4 aliphatic rings. The minimum atomic E-state index is -5.06. The number of likely N-dealkylation sites (tertiary alicyclic amines) is 1. The second kappa shape index (κ2) is 10.6. The number of aliphatic hydroxyl groups excluding tert-OH is 2. The Bertz CT molecular complexity index is 1650. The summed E-state index contributed by atoms with van der Waals surface area (Å²) in [5.74, 6) is -2.15. The van der Waals surface area contributed by atoms with Crippen molar-refractivity contribution in [1.82, 2.24) is 10.2 Å². The Labute approximate surface area is 246 Å². The van der Waals surface area contributed by atoms with Crippen LogP contribution in [0.2, 0.25) is 0 Å². The van der Waals surface area contributed by atoms with E-state index in [0.29, 0.717) is 24.4 Å². The van der Waals surface area contributed by atoms with E-state index in [0.717, 1.165) is 31.1 Å². The first-order valence-electron chi connectivity index (χ1n) is 13.6. The van der Waals surface area contributed by atoms with Gasteiger partial charge in [0.2, 0.25) is 0 Å². The van der Waals surface area contributed by atoms with Gasteiger partial charge in [0, 0.05) is 36.1 Å². The number of nitrogens with two attached hydrogens (primary N) is 1. The van der Waals surface area contributed by atoms with Crippen LogP contribution in [0, 0.1) is 22.6 Å². The van der Waals surface area contributed by atoms with Crippen molar-refractivity contribution in [1.29, 1.82) is 5.26 Å². The van der Waals surface area contributed by atoms with Crippen molar-refractivity contribution in [3.63, 3.8) is 0 Å². The second-order valence-electron chi connectivity index (χ2n) is 11.3.